The topological polar surface area (TPSA) is 74.3 Å². The van der Waals surface area contributed by atoms with Gasteiger partial charge in [0.05, 0.1) is 16.8 Å². The zero-order valence-corrected chi connectivity index (χ0v) is 24.3. The van der Waals surface area contributed by atoms with Crippen molar-refractivity contribution < 1.29 is 9.13 Å². The van der Waals surface area contributed by atoms with Gasteiger partial charge in [-0.05, 0) is 67.4 Å². The van der Waals surface area contributed by atoms with Crippen LogP contribution >= 0.6 is 11.3 Å². The molecule has 7 nitrogen and oxygen atoms in total. The number of ether oxygens (including phenoxy) is 1. The molecule has 0 aliphatic carbocycles. The first kappa shape index (κ1) is 27.5. The molecular formula is C33H30FN5O2S. The average Bonchev–Trinajstić information content (AvgIpc) is 3.70. The van der Waals surface area contributed by atoms with Crippen molar-refractivity contribution in [3.63, 3.8) is 0 Å². The van der Waals surface area contributed by atoms with Crippen molar-refractivity contribution in [1.82, 2.24) is 24.4 Å². The normalized spacial score (nSPS) is 11.9. The van der Waals surface area contributed by atoms with Gasteiger partial charge in [0, 0.05) is 22.9 Å². The van der Waals surface area contributed by atoms with E-state index >= 15 is 0 Å². The van der Waals surface area contributed by atoms with Gasteiger partial charge in [0.25, 0.3) is 5.56 Å². The van der Waals surface area contributed by atoms with E-state index in [1.165, 1.54) is 41.2 Å². The summed E-state index contributed by atoms with van der Waals surface area (Å²) < 4.78 is 23.9. The molecule has 6 rings (SSSR count). The minimum absolute atomic E-state index is 0.269. The fourth-order valence-electron chi connectivity index (χ4n) is 4.69. The SMILES string of the molecule is CCCCCCOc1ccc(-c2nc3s/c(=C\c4cn(-c5ccccc5)nc4-c4ccc(C)c(F)c4)c(=O)n3n2)cc1. The van der Waals surface area contributed by atoms with Gasteiger partial charge < -0.3 is 4.74 Å². The zero-order chi connectivity index (χ0) is 29.1. The quantitative estimate of drug-likeness (QED) is 0.171. The summed E-state index contributed by atoms with van der Waals surface area (Å²) >= 11 is 1.25. The highest BCUT2D eigenvalue weighted by atomic mass is 32.1. The van der Waals surface area contributed by atoms with Crippen molar-refractivity contribution in [2.24, 2.45) is 0 Å². The molecule has 0 aliphatic rings. The van der Waals surface area contributed by atoms with E-state index in [-0.39, 0.29) is 11.4 Å². The van der Waals surface area contributed by atoms with Crippen molar-refractivity contribution >= 4 is 22.4 Å². The Bertz CT molecular complexity index is 1940. The molecule has 0 unspecified atom stereocenters. The van der Waals surface area contributed by atoms with Gasteiger partial charge in [0.1, 0.15) is 17.3 Å². The van der Waals surface area contributed by atoms with E-state index in [9.17, 15) is 9.18 Å². The summed E-state index contributed by atoms with van der Waals surface area (Å²) in [7, 11) is 0. The predicted molar refractivity (Wildman–Crippen MR) is 165 cm³/mol. The number of nitrogens with zero attached hydrogens (tertiary/aromatic N) is 5. The number of hydrogen-bond donors (Lipinski definition) is 0. The smallest absolute Gasteiger partial charge is 0.291 e. The summed E-state index contributed by atoms with van der Waals surface area (Å²) in [6.45, 7) is 4.61. The van der Waals surface area contributed by atoms with E-state index in [1.807, 2.05) is 66.9 Å². The van der Waals surface area contributed by atoms with Crippen LogP contribution in [0, 0.1) is 12.7 Å². The van der Waals surface area contributed by atoms with Crippen LogP contribution in [0.4, 0.5) is 4.39 Å². The Balaban J connectivity index is 1.31. The first-order chi connectivity index (χ1) is 20.5. The van der Waals surface area contributed by atoms with Crippen molar-refractivity contribution in [1.29, 1.82) is 0 Å². The van der Waals surface area contributed by atoms with E-state index in [1.54, 1.807) is 23.7 Å². The molecule has 6 aromatic rings. The van der Waals surface area contributed by atoms with Crippen LogP contribution in [0.1, 0.15) is 43.7 Å². The van der Waals surface area contributed by atoms with E-state index in [4.69, 9.17) is 9.84 Å². The molecule has 3 heterocycles. The highest BCUT2D eigenvalue weighted by Crippen LogP contribution is 2.26. The lowest BCUT2D eigenvalue weighted by Crippen LogP contribution is -2.23. The lowest BCUT2D eigenvalue weighted by atomic mass is 10.1. The Morgan fingerprint density at radius 2 is 1.74 bits per heavy atom. The molecule has 0 bridgehead atoms. The van der Waals surface area contributed by atoms with Gasteiger partial charge in [0.15, 0.2) is 5.82 Å². The second-order valence-electron chi connectivity index (χ2n) is 10.2. The van der Waals surface area contributed by atoms with Crippen LogP contribution in [0.15, 0.2) is 83.8 Å². The zero-order valence-electron chi connectivity index (χ0n) is 23.5. The summed E-state index contributed by atoms with van der Waals surface area (Å²) in [5, 5.41) is 9.25. The third kappa shape index (κ3) is 5.73. The van der Waals surface area contributed by atoms with E-state index < -0.39 is 0 Å². The first-order valence-electron chi connectivity index (χ1n) is 14.1. The van der Waals surface area contributed by atoms with Crippen LogP contribution in [-0.2, 0) is 0 Å². The first-order valence-corrected chi connectivity index (χ1v) is 14.9. The molecule has 0 N–H and O–H groups in total. The average molecular weight is 580 g/mol. The van der Waals surface area contributed by atoms with E-state index in [2.05, 4.69) is 17.0 Å². The van der Waals surface area contributed by atoms with Crippen LogP contribution in [0.5, 0.6) is 5.75 Å². The molecule has 0 fully saturated rings. The number of aryl methyl sites for hydroxylation is 1. The van der Waals surface area contributed by atoms with Crippen LogP contribution in [-0.4, -0.2) is 31.0 Å². The highest BCUT2D eigenvalue weighted by Gasteiger charge is 2.16. The maximum Gasteiger partial charge on any atom is 0.291 e. The summed E-state index contributed by atoms with van der Waals surface area (Å²) in [4.78, 5) is 18.5. The minimum Gasteiger partial charge on any atom is -0.494 e. The molecule has 0 aliphatic heterocycles. The Labute approximate surface area is 246 Å². The fourth-order valence-corrected chi connectivity index (χ4v) is 5.59. The van der Waals surface area contributed by atoms with Gasteiger partial charge in [-0.15, -0.1) is 5.10 Å². The van der Waals surface area contributed by atoms with Gasteiger partial charge in [-0.25, -0.2) is 9.07 Å². The van der Waals surface area contributed by atoms with Crippen LogP contribution in [0.3, 0.4) is 0 Å². The molecule has 0 saturated carbocycles. The number of benzene rings is 3. The molecule has 212 valence electrons. The molecule has 3 aromatic carbocycles. The van der Waals surface area contributed by atoms with Crippen molar-refractivity contribution in [3.8, 4) is 34.1 Å². The number of thiazole rings is 1. The second-order valence-corrected chi connectivity index (χ2v) is 11.2. The molecule has 0 radical (unpaired) electrons. The Kier molecular flexibility index (Phi) is 7.92. The number of fused-ring (bicyclic) bond motifs is 1. The van der Waals surface area contributed by atoms with E-state index in [0.29, 0.717) is 44.3 Å². The standard InChI is InChI=1S/C33H30FN5O2S/c1-3-4-5-9-18-41-27-16-14-23(15-17-27)31-35-33-39(37-31)32(40)29(42-33)20-25-21-38(26-10-7-6-8-11-26)36-30(25)24-13-12-22(2)28(34)19-24/h6-8,10-17,19-21H,3-5,9,18H2,1-2H3/b29-20-. The van der Waals surface area contributed by atoms with E-state index in [0.717, 1.165) is 23.4 Å². The summed E-state index contributed by atoms with van der Waals surface area (Å²) in [5.41, 5.74) is 3.84. The fraction of sp³-hybridized carbons (Fsp3) is 0.212. The van der Waals surface area contributed by atoms with Gasteiger partial charge in [-0.1, -0.05) is 67.9 Å². The molecule has 9 heteroatoms. The van der Waals surface area contributed by atoms with Gasteiger partial charge in [-0.3, -0.25) is 4.79 Å². The van der Waals surface area contributed by atoms with Crippen molar-refractivity contribution in [3.05, 3.63) is 111 Å². The Morgan fingerprint density at radius 1 is 0.952 bits per heavy atom. The number of unbranched alkanes of at least 4 members (excludes halogenated alkanes) is 3. The van der Waals surface area contributed by atoms with Gasteiger partial charge in [-0.2, -0.15) is 14.6 Å². The third-order valence-corrected chi connectivity index (χ3v) is 8.02. The van der Waals surface area contributed by atoms with Gasteiger partial charge in [0.2, 0.25) is 4.96 Å². The number of halogens is 1. The monoisotopic (exact) mass is 579 g/mol. The molecule has 42 heavy (non-hydrogen) atoms. The lowest BCUT2D eigenvalue weighted by molar-refractivity contribution is 0.305. The number of para-hydroxylation sites is 1. The summed E-state index contributed by atoms with van der Waals surface area (Å²) in [6.07, 6.45) is 8.24. The number of rotatable bonds is 10. The van der Waals surface area contributed by atoms with Crippen LogP contribution in [0.25, 0.3) is 39.4 Å². The Hall–Kier alpha value is -4.63. The molecule has 0 spiro atoms. The summed E-state index contributed by atoms with van der Waals surface area (Å²) in [6, 6.07) is 22.3. The summed E-state index contributed by atoms with van der Waals surface area (Å²) in [5.74, 6) is 0.972. The second kappa shape index (κ2) is 12.1. The van der Waals surface area contributed by atoms with Gasteiger partial charge >= 0.3 is 0 Å². The minimum atomic E-state index is -0.310. The van der Waals surface area contributed by atoms with Crippen molar-refractivity contribution in [2.45, 2.75) is 39.5 Å². The van der Waals surface area contributed by atoms with Crippen LogP contribution in [0.2, 0.25) is 0 Å². The molecular weight excluding hydrogens is 549 g/mol. The molecule has 0 amide bonds. The van der Waals surface area contributed by atoms with Crippen molar-refractivity contribution in [2.75, 3.05) is 6.61 Å². The number of hydrogen-bond acceptors (Lipinski definition) is 6. The largest absolute Gasteiger partial charge is 0.494 e. The highest BCUT2D eigenvalue weighted by molar-refractivity contribution is 7.15. The van der Waals surface area contributed by atoms with Crippen LogP contribution < -0.4 is 14.8 Å². The lowest BCUT2D eigenvalue weighted by Gasteiger charge is -2.06. The Morgan fingerprint density at radius 3 is 2.48 bits per heavy atom. The third-order valence-electron chi connectivity index (χ3n) is 7.06. The maximum atomic E-state index is 14.5. The molecule has 3 aromatic heterocycles. The maximum absolute atomic E-state index is 14.5. The molecule has 0 atom stereocenters. The molecule has 0 saturated heterocycles. The number of aromatic nitrogens is 5. The predicted octanol–water partition coefficient (Wildman–Crippen LogP) is 6.63.